The lowest BCUT2D eigenvalue weighted by Gasteiger charge is -2.36. The first-order chi connectivity index (χ1) is 18.9. The van der Waals surface area contributed by atoms with Crippen LogP contribution in [0.3, 0.4) is 0 Å². The van der Waals surface area contributed by atoms with Crippen LogP contribution in [0.15, 0.2) is 24.3 Å². The number of aromatic hydroxyl groups is 1. The van der Waals surface area contributed by atoms with Crippen molar-refractivity contribution in [2.24, 2.45) is 0 Å². The number of aliphatic hydroxyl groups excluding tert-OH is 1. The van der Waals surface area contributed by atoms with Crippen LogP contribution < -0.4 is 16.0 Å². The van der Waals surface area contributed by atoms with Crippen LogP contribution in [-0.4, -0.2) is 80.8 Å². The SMILES string of the molecule is C.CC[C@]1(C)NC(=O)[C@H](CCCCCC(=O)[C@@H](C)O)NC(=O)[C@H]2CCCN2C(=O)[C@H](Cc2ccc(O)cc2)NC1=O. The zero-order valence-corrected chi connectivity index (χ0v) is 23.6. The van der Waals surface area contributed by atoms with E-state index in [-0.39, 0.29) is 44.1 Å². The first-order valence-electron chi connectivity index (χ1n) is 14.2. The fourth-order valence-corrected chi connectivity index (χ4v) is 5.12. The molecule has 2 heterocycles. The van der Waals surface area contributed by atoms with Crippen molar-refractivity contribution < 1.29 is 34.2 Å². The summed E-state index contributed by atoms with van der Waals surface area (Å²) in [5, 5.41) is 27.5. The topological polar surface area (TPSA) is 165 Å². The number of hydrogen-bond donors (Lipinski definition) is 5. The van der Waals surface area contributed by atoms with Crippen LogP contribution in [0.4, 0.5) is 0 Å². The number of amides is 4. The third kappa shape index (κ3) is 8.76. The van der Waals surface area contributed by atoms with Gasteiger partial charge >= 0.3 is 0 Å². The Kier molecular flexibility index (Phi) is 12.3. The average Bonchev–Trinajstić information content (AvgIpc) is 3.41. The van der Waals surface area contributed by atoms with E-state index in [1.54, 1.807) is 26.0 Å². The Morgan fingerprint density at radius 3 is 2.37 bits per heavy atom. The van der Waals surface area contributed by atoms with Gasteiger partial charge in [0.25, 0.3) is 0 Å². The summed E-state index contributed by atoms with van der Waals surface area (Å²) in [6.07, 6.45) is 2.71. The molecule has 0 radical (unpaired) electrons. The Bertz CT molecular complexity index is 1090. The van der Waals surface area contributed by atoms with Crippen LogP contribution >= 0.6 is 0 Å². The van der Waals surface area contributed by atoms with E-state index in [0.717, 1.165) is 5.56 Å². The Morgan fingerprint density at radius 2 is 1.73 bits per heavy atom. The molecule has 0 aromatic heterocycles. The first kappa shape index (κ1) is 33.7. The van der Waals surface area contributed by atoms with Gasteiger partial charge in [0.2, 0.25) is 23.6 Å². The number of nitrogens with one attached hydrogen (secondary N) is 3. The molecule has 2 saturated heterocycles. The summed E-state index contributed by atoms with van der Waals surface area (Å²) in [7, 11) is 0. The molecule has 0 spiro atoms. The minimum atomic E-state index is -1.33. The molecule has 1 aromatic carbocycles. The number of carbonyl (C=O) groups excluding carboxylic acids is 5. The maximum Gasteiger partial charge on any atom is 0.246 e. The van der Waals surface area contributed by atoms with Crippen molar-refractivity contribution in [2.45, 2.75) is 116 Å². The predicted octanol–water partition coefficient (Wildman–Crippen LogP) is 1.73. The molecule has 11 heteroatoms. The molecule has 11 nitrogen and oxygen atoms in total. The summed E-state index contributed by atoms with van der Waals surface area (Å²) < 4.78 is 0. The van der Waals surface area contributed by atoms with Crippen LogP contribution in [0.2, 0.25) is 0 Å². The lowest BCUT2D eigenvalue weighted by molar-refractivity contribution is -0.144. The maximum absolute atomic E-state index is 13.7. The van der Waals surface area contributed by atoms with Crippen molar-refractivity contribution in [1.82, 2.24) is 20.9 Å². The zero-order chi connectivity index (χ0) is 29.4. The van der Waals surface area contributed by atoms with Crippen molar-refractivity contribution in [2.75, 3.05) is 6.54 Å². The summed E-state index contributed by atoms with van der Waals surface area (Å²) in [6, 6.07) is 3.71. The molecule has 0 bridgehead atoms. The number of Topliss-reactive ketones (excluding diaryl/α,β-unsaturated/α-hetero) is 1. The second kappa shape index (κ2) is 15.0. The highest BCUT2D eigenvalue weighted by molar-refractivity contribution is 5.99. The van der Waals surface area contributed by atoms with E-state index in [1.165, 1.54) is 24.0 Å². The molecule has 0 saturated carbocycles. The van der Waals surface area contributed by atoms with Gasteiger partial charge in [-0.2, -0.15) is 0 Å². The number of hydrogen-bond acceptors (Lipinski definition) is 7. The number of carbonyl (C=O) groups is 5. The molecule has 0 aliphatic carbocycles. The number of rotatable bonds is 10. The van der Waals surface area contributed by atoms with Gasteiger partial charge in [-0.1, -0.05) is 39.3 Å². The highest BCUT2D eigenvalue weighted by Crippen LogP contribution is 2.22. The minimum absolute atomic E-state index is 0. The molecule has 1 aromatic rings. The van der Waals surface area contributed by atoms with Crippen molar-refractivity contribution in [3.63, 3.8) is 0 Å². The zero-order valence-electron chi connectivity index (χ0n) is 23.6. The molecule has 41 heavy (non-hydrogen) atoms. The predicted molar refractivity (Wildman–Crippen MR) is 154 cm³/mol. The third-order valence-corrected chi connectivity index (χ3v) is 7.94. The van der Waals surface area contributed by atoms with Gasteiger partial charge in [-0.15, -0.1) is 0 Å². The number of nitrogens with zero attached hydrogens (tertiary/aromatic N) is 1. The maximum atomic E-state index is 13.7. The summed E-state index contributed by atoms with van der Waals surface area (Å²) in [5.41, 5.74) is -0.609. The average molecular weight is 575 g/mol. The fraction of sp³-hybridized carbons (Fsp3) is 0.633. The van der Waals surface area contributed by atoms with Gasteiger partial charge in [-0.25, -0.2) is 0 Å². The molecule has 228 valence electrons. The number of benzene rings is 1. The summed E-state index contributed by atoms with van der Waals surface area (Å²) in [6.45, 7) is 5.14. The van der Waals surface area contributed by atoms with Gasteiger partial charge in [-0.05, 0) is 63.6 Å². The second-order valence-corrected chi connectivity index (χ2v) is 11.1. The largest absolute Gasteiger partial charge is 0.508 e. The van der Waals surface area contributed by atoms with Crippen LogP contribution in [-0.2, 0) is 30.4 Å². The molecular weight excluding hydrogens is 528 g/mol. The number of fused-ring (bicyclic) bond motifs is 1. The van der Waals surface area contributed by atoms with Gasteiger partial charge in [0.1, 0.15) is 35.5 Å². The quantitative estimate of drug-likeness (QED) is 0.266. The third-order valence-electron chi connectivity index (χ3n) is 7.94. The lowest BCUT2D eigenvalue weighted by Crippen LogP contribution is -2.65. The van der Waals surface area contributed by atoms with Gasteiger partial charge in [-0.3, -0.25) is 24.0 Å². The molecule has 4 amide bonds. The highest BCUT2D eigenvalue weighted by Gasteiger charge is 2.43. The minimum Gasteiger partial charge on any atom is -0.508 e. The van der Waals surface area contributed by atoms with E-state index in [4.69, 9.17) is 0 Å². The Balaban J connectivity index is 0.00000588. The molecule has 3 rings (SSSR count). The van der Waals surface area contributed by atoms with Gasteiger partial charge in [0.05, 0.1) is 0 Å². The van der Waals surface area contributed by atoms with E-state index < -0.39 is 47.5 Å². The molecule has 2 aliphatic rings. The molecule has 5 N–H and O–H groups in total. The Morgan fingerprint density at radius 1 is 1.05 bits per heavy atom. The van der Waals surface area contributed by atoms with E-state index in [1.807, 2.05) is 0 Å². The number of phenols is 1. The fourth-order valence-electron chi connectivity index (χ4n) is 5.12. The van der Waals surface area contributed by atoms with Crippen LogP contribution in [0.25, 0.3) is 0 Å². The van der Waals surface area contributed by atoms with Crippen LogP contribution in [0, 0.1) is 0 Å². The Hall–Kier alpha value is -3.47. The normalized spacial score (nSPS) is 26.0. The highest BCUT2D eigenvalue weighted by atomic mass is 16.3. The number of phenolic OH excluding ortho intramolecular Hbond substituents is 1. The van der Waals surface area contributed by atoms with Gasteiger partial charge in [0, 0.05) is 19.4 Å². The van der Waals surface area contributed by atoms with Crippen molar-refractivity contribution in [3.05, 3.63) is 29.8 Å². The second-order valence-electron chi connectivity index (χ2n) is 11.1. The van der Waals surface area contributed by atoms with E-state index in [2.05, 4.69) is 16.0 Å². The van der Waals surface area contributed by atoms with E-state index in [9.17, 15) is 34.2 Å². The van der Waals surface area contributed by atoms with E-state index in [0.29, 0.717) is 45.1 Å². The summed E-state index contributed by atoms with van der Waals surface area (Å²) in [5.74, 6) is -1.93. The van der Waals surface area contributed by atoms with Crippen molar-refractivity contribution >= 4 is 29.4 Å². The monoisotopic (exact) mass is 574 g/mol. The van der Waals surface area contributed by atoms with Crippen LogP contribution in [0.1, 0.15) is 85.1 Å². The number of unbranched alkanes of at least 4 members (excludes halogenated alkanes) is 2. The Labute approximate surface area is 242 Å². The van der Waals surface area contributed by atoms with E-state index >= 15 is 0 Å². The van der Waals surface area contributed by atoms with Crippen molar-refractivity contribution in [1.29, 1.82) is 0 Å². The molecule has 2 aliphatic heterocycles. The standard InChI is InChI=1S/C29H42N4O7.CH4/c1-4-29(3)28(40)31-22(17-19-12-14-20(35)15-13-19)27(39)33-16-8-10-23(33)26(38)30-21(25(37)32-29)9-6-5-7-11-24(36)18(2)34;/h12-15,18,21-23,34-35H,4-11,16-17H2,1-3H3,(H,30,38)(H,31,40)(H,32,37);1H4/t18-,21+,22+,23-,29+;/m1./s1. The van der Waals surface area contributed by atoms with Gasteiger partial charge < -0.3 is 31.1 Å². The smallest absolute Gasteiger partial charge is 0.246 e. The molecule has 0 unspecified atom stereocenters. The summed E-state index contributed by atoms with van der Waals surface area (Å²) in [4.78, 5) is 67.3. The molecule has 2 fully saturated rings. The number of ketones is 1. The number of aliphatic hydroxyl groups is 1. The molecule has 5 atom stereocenters. The van der Waals surface area contributed by atoms with Crippen molar-refractivity contribution in [3.8, 4) is 5.75 Å². The van der Waals surface area contributed by atoms with Gasteiger partial charge in [0.15, 0.2) is 5.78 Å². The summed E-state index contributed by atoms with van der Waals surface area (Å²) >= 11 is 0. The first-order valence-corrected chi connectivity index (χ1v) is 14.2. The molecular formula is C30H46N4O7. The lowest BCUT2D eigenvalue weighted by atomic mass is 9.94. The van der Waals surface area contributed by atoms with Crippen LogP contribution in [0.5, 0.6) is 5.75 Å².